The van der Waals surface area contributed by atoms with Gasteiger partial charge in [-0.2, -0.15) is 0 Å². The van der Waals surface area contributed by atoms with Crippen molar-refractivity contribution in [3.8, 4) is 0 Å². The van der Waals surface area contributed by atoms with Crippen LogP contribution in [0.15, 0.2) is 18.2 Å². The van der Waals surface area contributed by atoms with Crippen LogP contribution in [0.5, 0.6) is 0 Å². The Balaban J connectivity index is 2.29. The van der Waals surface area contributed by atoms with E-state index in [9.17, 15) is 13.9 Å². The second kappa shape index (κ2) is 4.47. The molecule has 1 atom stereocenters. The number of rotatable bonds is 1. The predicted molar refractivity (Wildman–Crippen MR) is 57.0 cm³/mol. The van der Waals surface area contributed by atoms with Crippen LogP contribution in [-0.2, 0) is 5.60 Å². The van der Waals surface area contributed by atoms with Crippen LogP contribution in [0.1, 0.15) is 24.8 Å². The number of aliphatic hydroxyl groups is 1. The SMILES string of the molecule is OC1(c2ccc(F)c(F)c2)CCCNCC1. The van der Waals surface area contributed by atoms with Crippen LogP contribution in [0.2, 0.25) is 0 Å². The lowest BCUT2D eigenvalue weighted by atomic mass is 9.87. The molecule has 1 aliphatic rings. The van der Waals surface area contributed by atoms with Crippen molar-refractivity contribution in [1.82, 2.24) is 5.32 Å². The Labute approximate surface area is 93.3 Å². The molecule has 0 radical (unpaired) electrons. The van der Waals surface area contributed by atoms with E-state index in [2.05, 4.69) is 5.32 Å². The first kappa shape index (κ1) is 11.5. The Morgan fingerprint density at radius 3 is 2.69 bits per heavy atom. The molecule has 0 amide bonds. The van der Waals surface area contributed by atoms with Crippen LogP contribution >= 0.6 is 0 Å². The Hall–Kier alpha value is -1.00. The minimum Gasteiger partial charge on any atom is -0.385 e. The number of halogens is 2. The van der Waals surface area contributed by atoms with E-state index in [1.165, 1.54) is 6.07 Å². The van der Waals surface area contributed by atoms with E-state index < -0.39 is 17.2 Å². The number of hydrogen-bond donors (Lipinski definition) is 2. The van der Waals surface area contributed by atoms with Crippen molar-refractivity contribution in [3.05, 3.63) is 35.4 Å². The van der Waals surface area contributed by atoms with Gasteiger partial charge in [0.2, 0.25) is 0 Å². The van der Waals surface area contributed by atoms with Gasteiger partial charge in [-0.25, -0.2) is 8.78 Å². The predicted octanol–water partition coefficient (Wildman–Crippen LogP) is 1.93. The van der Waals surface area contributed by atoms with Crippen molar-refractivity contribution < 1.29 is 13.9 Å². The third-order valence-corrected chi connectivity index (χ3v) is 3.12. The van der Waals surface area contributed by atoms with E-state index in [1.807, 2.05) is 0 Å². The van der Waals surface area contributed by atoms with Crippen LogP contribution in [-0.4, -0.2) is 18.2 Å². The van der Waals surface area contributed by atoms with E-state index in [4.69, 9.17) is 0 Å². The second-order valence-electron chi connectivity index (χ2n) is 4.26. The summed E-state index contributed by atoms with van der Waals surface area (Å²) in [5.74, 6) is -1.78. The van der Waals surface area contributed by atoms with Gasteiger partial charge in [0.1, 0.15) is 0 Å². The van der Waals surface area contributed by atoms with E-state index in [0.29, 0.717) is 24.9 Å². The summed E-state index contributed by atoms with van der Waals surface area (Å²) in [4.78, 5) is 0. The summed E-state index contributed by atoms with van der Waals surface area (Å²) in [5.41, 5.74) is -0.562. The molecule has 0 spiro atoms. The zero-order valence-corrected chi connectivity index (χ0v) is 8.97. The maximum atomic E-state index is 13.1. The highest BCUT2D eigenvalue weighted by molar-refractivity contribution is 5.24. The molecule has 1 aliphatic heterocycles. The maximum Gasteiger partial charge on any atom is 0.159 e. The first-order chi connectivity index (χ1) is 7.62. The normalized spacial score (nSPS) is 26.4. The lowest BCUT2D eigenvalue weighted by Crippen LogP contribution is -2.27. The van der Waals surface area contributed by atoms with Gasteiger partial charge in [-0.15, -0.1) is 0 Å². The molecular formula is C12H15F2NO. The molecule has 1 heterocycles. The van der Waals surface area contributed by atoms with Gasteiger partial charge in [-0.05, 0) is 50.0 Å². The molecule has 2 nitrogen and oxygen atoms in total. The Morgan fingerprint density at radius 1 is 1.12 bits per heavy atom. The third-order valence-electron chi connectivity index (χ3n) is 3.12. The van der Waals surface area contributed by atoms with Gasteiger partial charge in [0.15, 0.2) is 11.6 Å². The minimum absolute atomic E-state index is 0.468. The maximum absolute atomic E-state index is 13.1. The molecule has 1 saturated heterocycles. The van der Waals surface area contributed by atoms with Gasteiger partial charge < -0.3 is 10.4 Å². The van der Waals surface area contributed by atoms with E-state index >= 15 is 0 Å². The molecule has 16 heavy (non-hydrogen) atoms. The smallest absolute Gasteiger partial charge is 0.159 e. The highest BCUT2D eigenvalue weighted by Gasteiger charge is 2.30. The molecule has 0 aliphatic carbocycles. The molecule has 88 valence electrons. The lowest BCUT2D eigenvalue weighted by Gasteiger charge is -2.26. The fourth-order valence-electron chi connectivity index (χ4n) is 2.13. The standard InChI is InChI=1S/C12H15F2NO/c13-10-3-2-9(8-11(10)14)12(16)4-1-6-15-7-5-12/h2-3,8,15-16H,1,4-7H2. The first-order valence-electron chi connectivity index (χ1n) is 5.50. The zero-order chi connectivity index (χ0) is 11.6. The highest BCUT2D eigenvalue weighted by atomic mass is 19.2. The fraction of sp³-hybridized carbons (Fsp3) is 0.500. The summed E-state index contributed by atoms with van der Waals surface area (Å²) < 4.78 is 25.9. The second-order valence-corrected chi connectivity index (χ2v) is 4.26. The van der Waals surface area contributed by atoms with Gasteiger partial charge >= 0.3 is 0 Å². The van der Waals surface area contributed by atoms with E-state index in [0.717, 1.165) is 25.1 Å². The molecule has 1 aromatic carbocycles. The van der Waals surface area contributed by atoms with Gasteiger partial charge in [0, 0.05) is 0 Å². The van der Waals surface area contributed by atoms with E-state index in [-0.39, 0.29) is 0 Å². The van der Waals surface area contributed by atoms with Crippen LogP contribution in [0.3, 0.4) is 0 Å². The van der Waals surface area contributed by atoms with Gasteiger partial charge in [-0.3, -0.25) is 0 Å². The average molecular weight is 227 g/mol. The van der Waals surface area contributed by atoms with Crippen molar-refractivity contribution in [2.24, 2.45) is 0 Å². The number of nitrogens with one attached hydrogen (secondary N) is 1. The summed E-state index contributed by atoms with van der Waals surface area (Å²) in [6.45, 7) is 1.54. The molecule has 1 aromatic rings. The molecule has 0 saturated carbocycles. The molecule has 4 heteroatoms. The largest absolute Gasteiger partial charge is 0.385 e. The number of hydrogen-bond acceptors (Lipinski definition) is 2. The molecular weight excluding hydrogens is 212 g/mol. The topological polar surface area (TPSA) is 32.3 Å². The van der Waals surface area contributed by atoms with Crippen molar-refractivity contribution in [1.29, 1.82) is 0 Å². The Bertz CT molecular complexity index is 373. The molecule has 0 aromatic heterocycles. The van der Waals surface area contributed by atoms with Crippen molar-refractivity contribution in [3.63, 3.8) is 0 Å². The summed E-state index contributed by atoms with van der Waals surface area (Å²) >= 11 is 0. The number of benzene rings is 1. The van der Waals surface area contributed by atoms with Crippen LogP contribution in [0.4, 0.5) is 8.78 Å². The van der Waals surface area contributed by atoms with Gasteiger partial charge in [-0.1, -0.05) is 6.07 Å². The summed E-state index contributed by atoms with van der Waals surface area (Å²) in [6, 6.07) is 3.63. The monoisotopic (exact) mass is 227 g/mol. The molecule has 1 fully saturated rings. The first-order valence-corrected chi connectivity index (χ1v) is 5.50. The van der Waals surface area contributed by atoms with Gasteiger partial charge in [0.05, 0.1) is 5.60 Å². The van der Waals surface area contributed by atoms with Crippen molar-refractivity contribution in [2.75, 3.05) is 13.1 Å². The van der Waals surface area contributed by atoms with Crippen LogP contribution in [0.25, 0.3) is 0 Å². The zero-order valence-electron chi connectivity index (χ0n) is 8.97. The lowest BCUT2D eigenvalue weighted by molar-refractivity contribution is 0.0236. The van der Waals surface area contributed by atoms with Crippen molar-refractivity contribution >= 4 is 0 Å². The quantitative estimate of drug-likeness (QED) is 0.768. The van der Waals surface area contributed by atoms with Crippen LogP contribution < -0.4 is 5.32 Å². The Kier molecular flexibility index (Phi) is 3.21. The molecule has 1 unspecified atom stereocenters. The summed E-state index contributed by atoms with van der Waals surface area (Å²) in [6.07, 6.45) is 1.93. The summed E-state index contributed by atoms with van der Waals surface area (Å²) in [7, 11) is 0. The molecule has 0 bridgehead atoms. The Morgan fingerprint density at radius 2 is 1.94 bits per heavy atom. The van der Waals surface area contributed by atoms with E-state index in [1.54, 1.807) is 0 Å². The highest BCUT2D eigenvalue weighted by Crippen LogP contribution is 2.31. The third kappa shape index (κ3) is 2.23. The van der Waals surface area contributed by atoms with Crippen LogP contribution in [0, 0.1) is 11.6 Å². The van der Waals surface area contributed by atoms with Gasteiger partial charge in [0.25, 0.3) is 0 Å². The minimum atomic E-state index is -1.03. The summed E-state index contributed by atoms with van der Waals surface area (Å²) in [5, 5.41) is 13.6. The van der Waals surface area contributed by atoms with Crippen molar-refractivity contribution in [2.45, 2.75) is 24.9 Å². The molecule has 2 N–H and O–H groups in total. The average Bonchev–Trinajstić information content (AvgIpc) is 2.48. The fourth-order valence-corrected chi connectivity index (χ4v) is 2.13. The molecule has 2 rings (SSSR count).